The van der Waals surface area contributed by atoms with Crippen molar-refractivity contribution in [2.24, 2.45) is 5.92 Å². The number of rotatable bonds is 8. The van der Waals surface area contributed by atoms with Crippen molar-refractivity contribution in [2.45, 2.75) is 51.6 Å². The van der Waals surface area contributed by atoms with Crippen LogP contribution in [0.25, 0.3) is 0 Å². The van der Waals surface area contributed by atoms with Crippen LogP contribution in [0.4, 0.5) is 0 Å². The fraction of sp³-hybridized carbons (Fsp3) is 0.875. The van der Waals surface area contributed by atoms with Gasteiger partial charge in [-0.05, 0) is 39.2 Å². The first kappa shape index (κ1) is 20.1. The Morgan fingerprint density at radius 1 is 1.20 bits per heavy atom. The molecular formula is C16H29N3O5S. The van der Waals surface area contributed by atoms with Gasteiger partial charge in [0.15, 0.2) is 0 Å². The zero-order valence-corrected chi connectivity index (χ0v) is 15.8. The third kappa shape index (κ3) is 5.15. The third-order valence-electron chi connectivity index (χ3n) is 5.30. The number of nitrogens with zero attached hydrogens (tertiary/aromatic N) is 2. The highest BCUT2D eigenvalue weighted by molar-refractivity contribution is 7.89. The molecule has 1 saturated heterocycles. The van der Waals surface area contributed by atoms with Gasteiger partial charge in [-0.2, -0.15) is 0 Å². The lowest BCUT2D eigenvalue weighted by molar-refractivity contribution is -0.140. The molecule has 2 aliphatic rings. The van der Waals surface area contributed by atoms with Crippen molar-refractivity contribution in [1.82, 2.24) is 14.5 Å². The van der Waals surface area contributed by atoms with E-state index < -0.39 is 16.0 Å². The van der Waals surface area contributed by atoms with Gasteiger partial charge in [0.1, 0.15) is 0 Å². The molecule has 0 radical (unpaired) electrons. The summed E-state index contributed by atoms with van der Waals surface area (Å²) in [6.45, 7) is 5.10. The Morgan fingerprint density at radius 3 is 2.28 bits per heavy atom. The highest BCUT2D eigenvalue weighted by Gasteiger charge is 2.37. The van der Waals surface area contributed by atoms with Crippen LogP contribution in [0, 0.1) is 5.92 Å². The summed E-state index contributed by atoms with van der Waals surface area (Å²) in [5, 5.41) is 11.9. The van der Waals surface area contributed by atoms with Crippen LogP contribution in [0.2, 0.25) is 0 Å². The SMILES string of the molecule is CCN(CC(=O)O)C1CC(NC(=O)C2CCN(S(=O)(=O)CC)CC2)C1. The van der Waals surface area contributed by atoms with E-state index in [0.29, 0.717) is 32.5 Å². The molecule has 0 aromatic heterocycles. The summed E-state index contributed by atoms with van der Waals surface area (Å²) in [4.78, 5) is 25.1. The zero-order valence-electron chi connectivity index (χ0n) is 15.0. The number of carboxylic acid groups (broad SMARTS) is 1. The summed E-state index contributed by atoms with van der Waals surface area (Å²) in [5.74, 6) is -0.873. The third-order valence-corrected chi connectivity index (χ3v) is 7.18. The fourth-order valence-corrected chi connectivity index (χ4v) is 4.71. The Bertz CT molecular complexity index is 581. The molecule has 2 rings (SSSR count). The maximum absolute atomic E-state index is 12.4. The number of hydrogen-bond acceptors (Lipinski definition) is 5. The van der Waals surface area contributed by atoms with E-state index in [1.807, 2.05) is 11.8 Å². The quantitative estimate of drug-likeness (QED) is 0.623. The Labute approximate surface area is 149 Å². The summed E-state index contributed by atoms with van der Waals surface area (Å²) in [6.07, 6.45) is 2.66. The molecule has 2 N–H and O–H groups in total. The van der Waals surface area contributed by atoms with E-state index in [9.17, 15) is 18.0 Å². The van der Waals surface area contributed by atoms with Gasteiger partial charge in [0.05, 0.1) is 12.3 Å². The lowest BCUT2D eigenvalue weighted by Crippen LogP contribution is -2.56. The average Bonchev–Trinajstić information content (AvgIpc) is 2.55. The topological polar surface area (TPSA) is 107 Å². The van der Waals surface area contributed by atoms with E-state index in [0.717, 1.165) is 12.8 Å². The number of likely N-dealkylation sites (N-methyl/N-ethyl adjacent to an activating group) is 1. The molecule has 0 aromatic carbocycles. The molecule has 1 aliphatic carbocycles. The normalized spacial score (nSPS) is 25.6. The second-order valence-corrected chi connectivity index (χ2v) is 9.12. The van der Waals surface area contributed by atoms with Crippen LogP contribution in [-0.4, -0.2) is 78.6 Å². The van der Waals surface area contributed by atoms with E-state index >= 15 is 0 Å². The van der Waals surface area contributed by atoms with Crippen LogP contribution < -0.4 is 5.32 Å². The standard InChI is InChI=1S/C16H29N3O5S/c1-3-18(11-15(20)21)14-9-13(10-14)17-16(22)12-5-7-19(8-6-12)25(23,24)4-2/h12-14H,3-11H2,1-2H3,(H,17,22)(H,20,21). The van der Waals surface area contributed by atoms with Crippen molar-refractivity contribution in [3.05, 3.63) is 0 Å². The molecular weight excluding hydrogens is 346 g/mol. The smallest absolute Gasteiger partial charge is 0.317 e. The number of piperidine rings is 1. The Balaban J connectivity index is 1.73. The molecule has 1 amide bonds. The predicted molar refractivity (Wildman–Crippen MR) is 93.6 cm³/mol. The molecule has 25 heavy (non-hydrogen) atoms. The Morgan fingerprint density at radius 2 is 1.80 bits per heavy atom. The maximum atomic E-state index is 12.4. The molecule has 9 heteroatoms. The van der Waals surface area contributed by atoms with Crippen molar-refractivity contribution in [1.29, 1.82) is 0 Å². The number of amides is 1. The molecule has 2 fully saturated rings. The lowest BCUT2D eigenvalue weighted by atomic mass is 9.84. The van der Waals surface area contributed by atoms with Crippen LogP contribution in [0.15, 0.2) is 0 Å². The van der Waals surface area contributed by atoms with Crippen molar-refractivity contribution >= 4 is 21.9 Å². The summed E-state index contributed by atoms with van der Waals surface area (Å²) >= 11 is 0. The number of nitrogens with one attached hydrogen (secondary N) is 1. The highest BCUT2D eigenvalue weighted by atomic mass is 32.2. The molecule has 1 aliphatic heterocycles. The number of carbonyl (C=O) groups is 2. The van der Waals surface area contributed by atoms with E-state index in [2.05, 4.69) is 5.32 Å². The molecule has 8 nitrogen and oxygen atoms in total. The first-order valence-electron chi connectivity index (χ1n) is 9.00. The number of hydrogen-bond donors (Lipinski definition) is 2. The first-order valence-corrected chi connectivity index (χ1v) is 10.6. The highest BCUT2D eigenvalue weighted by Crippen LogP contribution is 2.27. The van der Waals surface area contributed by atoms with Gasteiger partial charge in [-0.25, -0.2) is 12.7 Å². The summed E-state index contributed by atoms with van der Waals surface area (Å²) in [6, 6.07) is 0.306. The molecule has 1 saturated carbocycles. The lowest BCUT2D eigenvalue weighted by Gasteiger charge is -2.43. The average molecular weight is 375 g/mol. The van der Waals surface area contributed by atoms with E-state index in [4.69, 9.17) is 5.11 Å². The number of carbonyl (C=O) groups excluding carboxylic acids is 1. The van der Waals surface area contributed by atoms with Crippen LogP contribution in [0.1, 0.15) is 39.5 Å². The van der Waals surface area contributed by atoms with Gasteiger partial charge in [0, 0.05) is 31.1 Å². The minimum Gasteiger partial charge on any atom is -0.480 e. The van der Waals surface area contributed by atoms with Crippen molar-refractivity contribution in [2.75, 3.05) is 31.9 Å². The monoisotopic (exact) mass is 375 g/mol. The number of carboxylic acids is 1. The molecule has 0 unspecified atom stereocenters. The minimum absolute atomic E-state index is 0.00159. The van der Waals surface area contributed by atoms with Gasteiger partial charge in [-0.1, -0.05) is 6.92 Å². The van der Waals surface area contributed by atoms with Gasteiger partial charge >= 0.3 is 5.97 Å². The van der Waals surface area contributed by atoms with Crippen LogP contribution in [0.3, 0.4) is 0 Å². The Kier molecular flexibility index (Phi) is 6.81. The molecule has 0 atom stereocenters. The van der Waals surface area contributed by atoms with Crippen LogP contribution in [0.5, 0.6) is 0 Å². The van der Waals surface area contributed by atoms with Crippen molar-refractivity contribution in [3.63, 3.8) is 0 Å². The first-order chi connectivity index (χ1) is 11.8. The van der Waals surface area contributed by atoms with Gasteiger partial charge in [-0.15, -0.1) is 0 Å². The second-order valence-electron chi connectivity index (χ2n) is 6.86. The van der Waals surface area contributed by atoms with E-state index in [-0.39, 0.29) is 36.2 Å². The van der Waals surface area contributed by atoms with Crippen molar-refractivity contribution in [3.8, 4) is 0 Å². The predicted octanol–water partition coefficient (Wildman–Crippen LogP) is 0.102. The zero-order chi connectivity index (χ0) is 18.6. The fourth-order valence-electron chi connectivity index (χ4n) is 3.57. The molecule has 144 valence electrons. The molecule has 1 heterocycles. The largest absolute Gasteiger partial charge is 0.480 e. The number of sulfonamides is 1. The van der Waals surface area contributed by atoms with Gasteiger partial charge in [-0.3, -0.25) is 14.5 Å². The maximum Gasteiger partial charge on any atom is 0.317 e. The number of aliphatic carboxylic acids is 1. The van der Waals surface area contributed by atoms with E-state index in [1.54, 1.807) is 6.92 Å². The molecule has 0 bridgehead atoms. The van der Waals surface area contributed by atoms with Gasteiger partial charge < -0.3 is 10.4 Å². The summed E-state index contributed by atoms with van der Waals surface area (Å²) in [5.41, 5.74) is 0. The van der Waals surface area contributed by atoms with Gasteiger partial charge in [0.2, 0.25) is 15.9 Å². The van der Waals surface area contributed by atoms with Crippen LogP contribution in [-0.2, 0) is 19.6 Å². The van der Waals surface area contributed by atoms with Gasteiger partial charge in [0.25, 0.3) is 0 Å². The second kappa shape index (κ2) is 8.46. The minimum atomic E-state index is -3.17. The summed E-state index contributed by atoms with van der Waals surface area (Å²) < 4.78 is 25.2. The van der Waals surface area contributed by atoms with Crippen molar-refractivity contribution < 1.29 is 23.1 Å². The molecule has 0 spiro atoms. The van der Waals surface area contributed by atoms with E-state index in [1.165, 1.54) is 4.31 Å². The van der Waals surface area contributed by atoms with Crippen LogP contribution >= 0.6 is 0 Å². The summed E-state index contributed by atoms with van der Waals surface area (Å²) in [7, 11) is -3.17. The Hall–Kier alpha value is -1.19. The molecule has 0 aromatic rings.